The largest absolute Gasteiger partial charge is 0.466 e. The summed E-state index contributed by atoms with van der Waals surface area (Å²) in [4.78, 5) is 12.7. The third-order valence-corrected chi connectivity index (χ3v) is 3.80. The van der Waals surface area contributed by atoms with Crippen molar-refractivity contribution < 1.29 is 9.21 Å². The van der Waals surface area contributed by atoms with Crippen LogP contribution in [0.4, 0.5) is 0 Å². The second-order valence-electron chi connectivity index (χ2n) is 5.11. The van der Waals surface area contributed by atoms with Gasteiger partial charge in [-0.2, -0.15) is 0 Å². The van der Waals surface area contributed by atoms with Crippen molar-refractivity contribution in [3.63, 3.8) is 0 Å². The van der Waals surface area contributed by atoms with Crippen LogP contribution in [0.25, 0.3) is 10.8 Å². The standard InChI is InChI=1S/C18H16O2/c1-11-12(2)20-13(3)17(11)18(19)16-9-8-14-6-4-5-7-15(14)10-16/h4-10H,1-3H3. The molecule has 0 aliphatic heterocycles. The monoisotopic (exact) mass is 264 g/mol. The van der Waals surface area contributed by atoms with E-state index in [-0.39, 0.29) is 5.78 Å². The Bertz CT molecular complexity index is 809. The first-order chi connectivity index (χ1) is 9.58. The minimum absolute atomic E-state index is 0.0302. The number of aryl methyl sites for hydroxylation is 2. The summed E-state index contributed by atoms with van der Waals surface area (Å²) in [6, 6.07) is 13.9. The zero-order valence-corrected chi connectivity index (χ0v) is 11.9. The van der Waals surface area contributed by atoms with Crippen LogP contribution in [0.15, 0.2) is 46.9 Å². The van der Waals surface area contributed by atoms with E-state index in [1.807, 2.05) is 63.2 Å². The first-order valence-corrected chi connectivity index (χ1v) is 6.68. The predicted octanol–water partition coefficient (Wildman–Crippen LogP) is 4.59. The molecule has 0 radical (unpaired) electrons. The van der Waals surface area contributed by atoms with Crippen LogP contribution in [0, 0.1) is 20.8 Å². The molecule has 0 bridgehead atoms. The minimum atomic E-state index is 0.0302. The van der Waals surface area contributed by atoms with Crippen LogP contribution in [0.1, 0.15) is 33.0 Å². The molecule has 0 fully saturated rings. The second-order valence-corrected chi connectivity index (χ2v) is 5.11. The summed E-state index contributed by atoms with van der Waals surface area (Å²) in [6.07, 6.45) is 0. The number of carbonyl (C=O) groups is 1. The summed E-state index contributed by atoms with van der Waals surface area (Å²) in [5.74, 6) is 1.53. The van der Waals surface area contributed by atoms with Crippen LogP contribution in [0.2, 0.25) is 0 Å². The van der Waals surface area contributed by atoms with Gasteiger partial charge in [-0.25, -0.2) is 0 Å². The highest BCUT2D eigenvalue weighted by atomic mass is 16.3. The predicted molar refractivity (Wildman–Crippen MR) is 80.3 cm³/mol. The van der Waals surface area contributed by atoms with Crippen molar-refractivity contribution in [1.29, 1.82) is 0 Å². The molecule has 2 heteroatoms. The van der Waals surface area contributed by atoms with Crippen LogP contribution >= 0.6 is 0 Å². The summed E-state index contributed by atoms with van der Waals surface area (Å²) in [5.41, 5.74) is 2.33. The van der Waals surface area contributed by atoms with Crippen molar-refractivity contribution in [1.82, 2.24) is 0 Å². The summed E-state index contributed by atoms with van der Waals surface area (Å²) >= 11 is 0. The lowest BCUT2D eigenvalue weighted by Crippen LogP contribution is -2.03. The molecule has 0 amide bonds. The van der Waals surface area contributed by atoms with E-state index in [4.69, 9.17) is 4.42 Å². The number of benzene rings is 2. The van der Waals surface area contributed by atoms with Crippen molar-refractivity contribution in [2.75, 3.05) is 0 Å². The zero-order chi connectivity index (χ0) is 14.3. The summed E-state index contributed by atoms with van der Waals surface area (Å²) in [7, 11) is 0. The van der Waals surface area contributed by atoms with E-state index < -0.39 is 0 Å². The van der Waals surface area contributed by atoms with Gasteiger partial charge in [-0.05, 0) is 37.6 Å². The average molecular weight is 264 g/mol. The van der Waals surface area contributed by atoms with Crippen molar-refractivity contribution in [3.8, 4) is 0 Å². The Morgan fingerprint density at radius 2 is 1.60 bits per heavy atom. The third kappa shape index (κ3) is 1.94. The van der Waals surface area contributed by atoms with Crippen molar-refractivity contribution in [2.24, 2.45) is 0 Å². The molecular formula is C18H16O2. The van der Waals surface area contributed by atoms with Gasteiger partial charge in [0.05, 0.1) is 5.56 Å². The molecule has 0 atom stereocenters. The highest BCUT2D eigenvalue weighted by Gasteiger charge is 2.19. The average Bonchev–Trinajstić information content (AvgIpc) is 2.71. The van der Waals surface area contributed by atoms with Crippen LogP contribution in [-0.4, -0.2) is 5.78 Å². The fourth-order valence-corrected chi connectivity index (χ4v) is 2.60. The molecular weight excluding hydrogens is 248 g/mol. The maximum atomic E-state index is 12.7. The number of furan rings is 1. The number of ketones is 1. The fourth-order valence-electron chi connectivity index (χ4n) is 2.60. The minimum Gasteiger partial charge on any atom is -0.466 e. The van der Waals surface area contributed by atoms with E-state index in [0.717, 1.165) is 22.1 Å². The normalized spacial score (nSPS) is 10.9. The van der Waals surface area contributed by atoms with Gasteiger partial charge in [0, 0.05) is 11.1 Å². The molecule has 20 heavy (non-hydrogen) atoms. The first-order valence-electron chi connectivity index (χ1n) is 6.68. The molecule has 0 spiro atoms. The lowest BCUT2D eigenvalue weighted by atomic mass is 9.97. The molecule has 1 aromatic heterocycles. The van der Waals surface area contributed by atoms with E-state index in [9.17, 15) is 4.79 Å². The van der Waals surface area contributed by atoms with Crippen LogP contribution < -0.4 is 0 Å². The highest BCUT2D eigenvalue weighted by molar-refractivity contribution is 6.12. The molecule has 0 aliphatic rings. The van der Waals surface area contributed by atoms with Crippen molar-refractivity contribution >= 4 is 16.6 Å². The molecule has 1 heterocycles. The Morgan fingerprint density at radius 3 is 2.25 bits per heavy atom. The van der Waals surface area contributed by atoms with Gasteiger partial charge in [0.1, 0.15) is 11.5 Å². The smallest absolute Gasteiger partial charge is 0.196 e. The molecule has 3 rings (SSSR count). The molecule has 0 aliphatic carbocycles. The van der Waals surface area contributed by atoms with E-state index in [0.29, 0.717) is 16.9 Å². The number of rotatable bonds is 2. The maximum absolute atomic E-state index is 12.7. The van der Waals surface area contributed by atoms with Gasteiger partial charge in [0.25, 0.3) is 0 Å². The van der Waals surface area contributed by atoms with Gasteiger partial charge >= 0.3 is 0 Å². The molecule has 2 aromatic carbocycles. The lowest BCUT2D eigenvalue weighted by Gasteiger charge is -2.04. The second kappa shape index (κ2) is 4.64. The molecule has 0 unspecified atom stereocenters. The molecule has 3 aromatic rings. The van der Waals surface area contributed by atoms with Gasteiger partial charge in [0.15, 0.2) is 5.78 Å². The Morgan fingerprint density at radius 1 is 0.900 bits per heavy atom. The van der Waals surface area contributed by atoms with Crippen LogP contribution in [0.5, 0.6) is 0 Å². The van der Waals surface area contributed by atoms with Crippen molar-refractivity contribution in [2.45, 2.75) is 20.8 Å². The topological polar surface area (TPSA) is 30.2 Å². The van der Waals surface area contributed by atoms with Gasteiger partial charge < -0.3 is 4.42 Å². The Balaban J connectivity index is 2.12. The molecule has 2 nitrogen and oxygen atoms in total. The number of carbonyl (C=O) groups excluding carboxylic acids is 1. The lowest BCUT2D eigenvalue weighted by molar-refractivity contribution is 0.103. The SMILES string of the molecule is Cc1oc(C)c(C(=O)c2ccc3ccccc3c2)c1C. The summed E-state index contributed by atoms with van der Waals surface area (Å²) in [6.45, 7) is 5.66. The number of fused-ring (bicyclic) bond motifs is 1. The van der Waals surface area contributed by atoms with Crippen LogP contribution in [-0.2, 0) is 0 Å². The zero-order valence-electron chi connectivity index (χ0n) is 11.9. The number of hydrogen-bond donors (Lipinski definition) is 0. The number of hydrogen-bond acceptors (Lipinski definition) is 2. The maximum Gasteiger partial charge on any atom is 0.196 e. The highest BCUT2D eigenvalue weighted by Crippen LogP contribution is 2.25. The Hall–Kier alpha value is -2.35. The van der Waals surface area contributed by atoms with E-state index in [1.165, 1.54) is 0 Å². The van der Waals surface area contributed by atoms with Gasteiger partial charge in [-0.1, -0.05) is 36.4 Å². The van der Waals surface area contributed by atoms with E-state index >= 15 is 0 Å². The molecule has 100 valence electrons. The Labute approximate surface area is 118 Å². The quantitative estimate of drug-likeness (QED) is 0.634. The van der Waals surface area contributed by atoms with Gasteiger partial charge in [0.2, 0.25) is 0 Å². The molecule has 0 saturated carbocycles. The van der Waals surface area contributed by atoms with E-state index in [2.05, 4.69) is 0 Å². The molecule has 0 N–H and O–H groups in total. The fraction of sp³-hybridized carbons (Fsp3) is 0.167. The summed E-state index contributed by atoms with van der Waals surface area (Å²) in [5, 5.41) is 2.22. The van der Waals surface area contributed by atoms with Gasteiger partial charge in [-0.15, -0.1) is 0 Å². The van der Waals surface area contributed by atoms with Crippen LogP contribution in [0.3, 0.4) is 0 Å². The first kappa shape index (κ1) is 12.7. The third-order valence-electron chi connectivity index (χ3n) is 3.80. The Kier molecular flexibility index (Phi) is 2.94. The van der Waals surface area contributed by atoms with Gasteiger partial charge in [-0.3, -0.25) is 4.79 Å². The molecule has 0 saturated heterocycles. The summed E-state index contributed by atoms with van der Waals surface area (Å²) < 4.78 is 5.55. The van der Waals surface area contributed by atoms with Crippen molar-refractivity contribution in [3.05, 3.63) is 70.7 Å². The van der Waals surface area contributed by atoms with E-state index in [1.54, 1.807) is 0 Å².